The Bertz CT molecular complexity index is 1290. The highest BCUT2D eigenvalue weighted by atomic mass is 32.2. The molecule has 3 aromatic rings. The first kappa shape index (κ1) is 24.9. The van der Waals surface area contributed by atoms with Crippen LogP contribution in [0.5, 0.6) is 0 Å². The van der Waals surface area contributed by atoms with Gasteiger partial charge < -0.3 is 15.1 Å². The molecule has 1 N–H and O–H groups in total. The van der Waals surface area contributed by atoms with Crippen LogP contribution in [0.3, 0.4) is 0 Å². The van der Waals surface area contributed by atoms with Crippen molar-refractivity contribution in [2.75, 3.05) is 42.7 Å². The lowest BCUT2D eigenvalue weighted by Gasteiger charge is -2.20. The maximum Gasteiger partial charge on any atom is 0.420 e. The molecule has 0 radical (unpaired) electrons. The van der Waals surface area contributed by atoms with Gasteiger partial charge in [0.05, 0.1) is 10.6 Å². The molecule has 2 aliphatic rings. The zero-order valence-electron chi connectivity index (χ0n) is 20.0. The summed E-state index contributed by atoms with van der Waals surface area (Å²) in [6, 6.07) is 7.72. The second kappa shape index (κ2) is 9.93. The van der Waals surface area contributed by atoms with Gasteiger partial charge >= 0.3 is 6.18 Å². The van der Waals surface area contributed by atoms with Crippen molar-refractivity contribution in [3.05, 3.63) is 46.5 Å². The minimum Gasteiger partial charge on any atom is -0.372 e. The third-order valence-electron chi connectivity index (χ3n) is 6.44. The minimum atomic E-state index is -4.63. The van der Waals surface area contributed by atoms with E-state index in [1.807, 2.05) is 19.1 Å². The molecule has 0 spiro atoms. The molecule has 5 rings (SSSR count). The summed E-state index contributed by atoms with van der Waals surface area (Å²) in [5.74, 6) is 0.584. The molecule has 4 heterocycles. The Morgan fingerprint density at radius 3 is 2.64 bits per heavy atom. The van der Waals surface area contributed by atoms with Crippen LogP contribution >= 0.6 is 23.1 Å². The fraction of sp³-hybridized carbons (Fsp3) is 0.400. The topological polar surface area (TPSA) is 61.4 Å². The smallest absolute Gasteiger partial charge is 0.372 e. The van der Waals surface area contributed by atoms with E-state index < -0.39 is 11.7 Å². The number of fused-ring (bicyclic) bond motifs is 1. The van der Waals surface area contributed by atoms with E-state index in [0.29, 0.717) is 26.9 Å². The van der Waals surface area contributed by atoms with Gasteiger partial charge in [-0.15, -0.1) is 23.1 Å². The summed E-state index contributed by atoms with van der Waals surface area (Å²) in [4.78, 5) is 26.4. The quantitative estimate of drug-likeness (QED) is 0.415. The van der Waals surface area contributed by atoms with Gasteiger partial charge in [0, 0.05) is 54.9 Å². The normalized spacial score (nSPS) is 16.3. The number of carbonyl (C=O) groups is 1. The van der Waals surface area contributed by atoms with E-state index in [2.05, 4.69) is 26.3 Å². The molecule has 190 valence electrons. The molecule has 2 aliphatic heterocycles. The van der Waals surface area contributed by atoms with Crippen molar-refractivity contribution >= 4 is 46.3 Å². The van der Waals surface area contributed by atoms with Gasteiger partial charge in [-0.05, 0) is 49.1 Å². The van der Waals surface area contributed by atoms with Crippen LogP contribution in [0.15, 0.2) is 35.4 Å². The van der Waals surface area contributed by atoms with E-state index in [1.54, 1.807) is 18.0 Å². The first-order valence-corrected chi connectivity index (χ1v) is 13.7. The van der Waals surface area contributed by atoms with Crippen LogP contribution in [-0.2, 0) is 12.6 Å². The van der Waals surface area contributed by atoms with Crippen molar-refractivity contribution in [1.82, 2.24) is 14.9 Å². The lowest BCUT2D eigenvalue weighted by molar-refractivity contribution is -0.137. The summed E-state index contributed by atoms with van der Waals surface area (Å²) >= 11 is 2.52. The van der Waals surface area contributed by atoms with Gasteiger partial charge in [-0.2, -0.15) is 13.2 Å². The van der Waals surface area contributed by atoms with E-state index in [-0.39, 0.29) is 17.5 Å². The Morgan fingerprint density at radius 1 is 1.14 bits per heavy atom. The van der Waals surface area contributed by atoms with Crippen molar-refractivity contribution in [3.8, 4) is 10.6 Å². The Kier molecular flexibility index (Phi) is 6.86. The average molecular weight is 534 g/mol. The molecule has 11 heteroatoms. The molecular formula is C25H26F3N5OS2. The predicted octanol–water partition coefficient (Wildman–Crippen LogP) is 6.31. The van der Waals surface area contributed by atoms with Crippen molar-refractivity contribution in [3.63, 3.8) is 0 Å². The summed E-state index contributed by atoms with van der Waals surface area (Å²) in [7, 11) is 1.70. The number of rotatable bonds is 5. The molecule has 36 heavy (non-hydrogen) atoms. The van der Waals surface area contributed by atoms with Gasteiger partial charge in [0.2, 0.25) is 5.95 Å². The predicted molar refractivity (Wildman–Crippen MR) is 139 cm³/mol. The maximum absolute atomic E-state index is 13.9. The highest BCUT2D eigenvalue weighted by molar-refractivity contribution is 7.99. The van der Waals surface area contributed by atoms with Crippen LogP contribution in [0.4, 0.5) is 30.5 Å². The molecule has 6 nitrogen and oxygen atoms in total. The highest BCUT2D eigenvalue weighted by Crippen LogP contribution is 2.43. The Balaban J connectivity index is 1.51. The fourth-order valence-electron chi connectivity index (χ4n) is 4.44. The van der Waals surface area contributed by atoms with Gasteiger partial charge in [0.25, 0.3) is 5.91 Å². The molecule has 2 aromatic heterocycles. The second-order valence-corrected chi connectivity index (χ2v) is 11.0. The summed E-state index contributed by atoms with van der Waals surface area (Å²) < 4.78 is 41.7. The van der Waals surface area contributed by atoms with Gasteiger partial charge in [-0.3, -0.25) is 4.79 Å². The lowest BCUT2D eigenvalue weighted by atomic mass is 10.1. The summed E-state index contributed by atoms with van der Waals surface area (Å²) in [5, 5.41) is 3.13. The van der Waals surface area contributed by atoms with Crippen LogP contribution in [0, 0.1) is 0 Å². The fourth-order valence-corrected chi connectivity index (χ4v) is 6.87. The molecule has 0 unspecified atom stereocenters. The number of anilines is 3. The number of thiophene rings is 1. The van der Waals surface area contributed by atoms with Gasteiger partial charge in [-0.25, -0.2) is 9.97 Å². The molecule has 0 bridgehead atoms. The Hall–Kier alpha value is -2.79. The zero-order valence-corrected chi connectivity index (χ0v) is 21.6. The average Bonchev–Trinajstić information content (AvgIpc) is 3.51. The summed E-state index contributed by atoms with van der Waals surface area (Å²) in [6.07, 6.45) is -0.704. The van der Waals surface area contributed by atoms with Crippen LogP contribution in [0.25, 0.3) is 10.6 Å². The Labute approximate surface area is 215 Å². The van der Waals surface area contributed by atoms with Crippen molar-refractivity contribution in [1.29, 1.82) is 0 Å². The molecule has 0 atom stereocenters. The monoisotopic (exact) mass is 533 g/mol. The van der Waals surface area contributed by atoms with E-state index in [1.165, 1.54) is 24.6 Å². The summed E-state index contributed by atoms with van der Waals surface area (Å²) in [6.45, 7) is 4.69. The Morgan fingerprint density at radius 2 is 1.92 bits per heavy atom. The molecule has 1 aromatic carbocycles. The lowest BCUT2D eigenvalue weighted by Crippen LogP contribution is -2.26. The molecule has 1 saturated heterocycles. The standard InChI is InChI=1S/C25H26F3N5OS2/c1-3-15-12-16(33-8-4-5-9-33)6-7-18(15)30-24-29-14-17(25(26,27)28)21(31-24)19-13-20-22(36-19)23(34)32(2)10-11-35-20/h6-7,12-14H,3-5,8-11H2,1-2H3,(H,29,30,31). The maximum atomic E-state index is 13.9. The first-order valence-electron chi connectivity index (χ1n) is 11.9. The number of nitrogens with zero attached hydrogens (tertiary/aromatic N) is 4. The molecule has 0 saturated carbocycles. The van der Waals surface area contributed by atoms with Gasteiger partial charge in [0.15, 0.2) is 0 Å². The number of aryl methyl sites for hydroxylation is 1. The van der Waals surface area contributed by atoms with E-state index >= 15 is 0 Å². The van der Waals surface area contributed by atoms with Crippen LogP contribution < -0.4 is 10.2 Å². The molecular weight excluding hydrogens is 507 g/mol. The number of hydrogen-bond donors (Lipinski definition) is 1. The number of amides is 1. The SMILES string of the molecule is CCc1cc(N2CCCC2)ccc1Nc1ncc(C(F)(F)F)c(-c2cc3c(s2)C(=O)N(C)CCS3)n1. The number of carbonyl (C=O) groups excluding carboxylic acids is 1. The third-order valence-corrected chi connectivity index (χ3v) is 8.72. The van der Waals surface area contributed by atoms with Crippen LogP contribution in [0.1, 0.15) is 40.6 Å². The number of alkyl halides is 3. The number of aromatic nitrogens is 2. The van der Waals surface area contributed by atoms with Crippen LogP contribution in [-0.4, -0.2) is 53.2 Å². The van der Waals surface area contributed by atoms with Crippen LogP contribution in [0.2, 0.25) is 0 Å². The van der Waals surface area contributed by atoms with E-state index in [9.17, 15) is 18.0 Å². The van der Waals surface area contributed by atoms with E-state index in [0.717, 1.165) is 54.0 Å². The molecule has 1 fully saturated rings. The first-order chi connectivity index (χ1) is 17.2. The number of benzene rings is 1. The van der Waals surface area contributed by atoms with Crippen molar-refractivity contribution in [2.24, 2.45) is 0 Å². The summed E-state index contributed by atoms with van der Waals surface area (Å²) in [5.41, 5.74) is 1.81. The molecule has 0 aliphatic carbocycles. The van der Waals surface area contributed by atoms with Gasteiger partial charge in [0.1, 0.15) is 10.4 Å². The highest BCUT2D eigenvalue weighted by Gasteiger charge is 2.37. The number of nitrogens with one attached hydrogen (secondary N) is 1. The van der Waals surface area contributed by atoms with Gasteiger partial charge in [-0.1, -0.05) is 6.92 Å². The minimum absolute atomic E-state index is 0.0846. The van der Waals surface area contributed by atoms with Crippen molar-refractivity contribution in [2.45, 2.75) is 37.3 Å². The number of halogens is 3. The number of hydrogen-bond acceptors (Lipinski definition) is 7. The number of thioether (sulfide) groups is 1. The molecule has 1 amide bonds. The largest absolute Gasteiger partial charge is 0.420 e. The van der Waals surface area contributed by atoms with E-state index in [4.69, 9.17) is 0 Å². The third kappa shape index (κ3) is 4.90. The van der Waals surface area contributed by atoms with Crippen molar-refractivity contribution < 1.29 is 18.0 Å². The second-order valence-electron chi connectivity index (χ2n) is 8.85. The zero-order chi connectivity index (χ0) is 25.4.